The first-order chi connectivity index (χ1) is 11.3. The smallest absolute Gasteiger partial charge is 0.262 e. The van der Waals surface area contributed by atoms with E-state index in [9.17, 15) is 9.59 Å². The van der Waals surface area contributed by atoms with Gasteiger partial charge in [-0.25, -0.2) is 0 Å². The number of Topliss-reactive ketones (excluding diaryl/α,β-unsaturated/α-hetero) is 1. The largest absolute Gasteiger partial charge is 0.329 e. The van der Waals surface area contributed by atoms with Crippen LogP contribution in [0.3, 0.4) is 0 Å². The van der Waals surface area contributed by atoms with Crippen LogP contribution in [0.5, 0.6) is 0 Å². The summed E-state index contributed by atoms with van der Waals surface area (Å²) in [5.41, 5.74) is 0.634. The number of benzene rings is 1. The number of piperidine rings is 1. The molecule has 5 heteroatoms. The molecule has 0 saturated carbocycles. The van der Waals surface area contributed by atoms with E-state index < -0.39 is 6.17 Å². The zero-order chi connectivity index (χ0) is 16.1. The van der Waals surface area contributed by atoms with Crippen LogP contribution in [0.2, 0.25) is 0 Å². The van der Waals surface area contributed by atoms with Gasteiger partial charge in [0.1, 0.15) is 6.17 Å². The summed E-state index contributed by atoms with van der Waals surface area (Å²) in [6.07, 6.45) is 2.72. The number of hydrogen-bond donors (Lipinski definition) is 1. The second kappa shape index (κ2) is 7.53. The number of ketones is 1. The van der Waals surface area contributed by atoms with Crippen LogP contribution in [0.1, 0.15) is 39.3 Å². The van der Waals surface area contributed by atoms with Crippen molar-refractivity contribution in [2.45, 2.75) is 25.4 Å². The Morgan fingerprint density at radius 3 is 2.39 bits per heavy atom. The zero-order valence-corrected chi connectivity index (χ0v) is 13.7. The molecule has 1 aliphatic heterocycles. The van der Waals surface area contributed by atoms with E-state index in [2.05, 4.69) is 10.2 Å². The number of nitrogens with zero attached hydrogens (tertiary/aromatic N) is 1. The second-order valence-electron chi connectivity index (χ2n) is 5.68. The highest BCUT2D eigenvalue weighted by Crippen LogP contribution is 2.16. The molecule has 2 aromatic rings. The molecule has 1 saturated heterocycles. The molecular weight excluding hydrogens is 308 g/mol. The third kappa shape index (κ3) is 3.86. The van der Waals surface area contributed by atoms with E-state index in [4.69, 9.17) is 0 Å². The Morgan fingerprint density at radius 1 is 1.00 bits per heavy atom. The lowest BCUT2D eigenvalue weighted by Crippen LogP contribution is -2.54. The summed E-state index contributed by atoms with van der Waals surface area (Å²) >= 11 is 1.39. The fourth-order valence-electron chi connectivity index (χ4n) is 2.86. The van der Waals surface area contributed by atoms with Gasteiger partial charge in [0, 0.05) is 18.7 Å². The van der Waals surface area contributed by atoms with Crippen molar-refractivity contribution in [1.82, 2.24) is 10.2 Å². The van der Waals surface area contributed by atoms with Crippen molar-refractivity contribution in [2.75, 3.05) is 13.1 Å². The van der Waals surface area contributed by atoms with E-state index in [0.29, 0.717) is 10.4 Å². The molecule has 1 amide bonds. The SMILES string of the molecule is O=C(NC(C(=O)c1ccccc1)N1CCCCC1)c1cccs1. The van der Waals surface area contributed by atoms with Gasteiger partial charge in [-0.2, -0.15) is 0 Å². The number of carbonyl (C=O) groups excluding carboxylic acids is 2. The minimum Gasteiger partial charge on any atom is -0.329 e. The summed E-state index contributed by atoms with van der Waals surface area (Å²) in [5, 5.41) is 4.80. The molecule has 0 spiro atoms. The number of likely N-dealkylation sites (tertiary alicyclic amines) is 1. The van der Waals surface area contributed by atoms with Crippen molar-refractivity contribution in [3.8, 4) is 0 Å². The molecule has 1 aromatic heterocycles. The number of hydrogen-bond acceptors (Lipinski definition) is 4. The Labute approximate surface area is 140 Å². The maximum absolute atomic E-state index is 12.9. The van der Waals surface area contributed by atoms with Gasteiger partial charge in [-0.05, 0) is 24.3 Å². The second-order valence-corrected chi connectivity index (χ2v) is 6.63. The quantitative estimate of drug-likeness (QED) is 0.858. The maximum Gasteiger partial charge on any atom is 0.262 e. The number of thiophene rings is 1. The van der Waals surface area contributed by atoms with Crippen molar-refractivity contribution in [2.24, 2.45) is 0 Å². The number of nitrogens with one attached hydrogen (secondary N) is 1. The molecule has 0 radical (unpaired) electrons. The summed E-state index contributed by atoms with van der Waals surface area (Å²) in [5.74, 6) is -0.225. The van der Waals surface area contributed by atoms with Gasteiger partial charge in [0.2, 0.25) is 0 Å². The van der Waals surface area contributed by atoms with Crippen molar-refractivity contribution in [3.05, 3.63) is 58.3 Å². The Morgan fingerprint density at radius 2 is 1.74 bits per heavy atom. The van der Waals surface area contributed by atoms with Crippen LogP contribution in [0.25, 0.3) is 0 Å². The average Bonchev–Trinajstić information content (AvgIpc) is 3.15. The molecule has 1 N–H and O–H groups in total. The Kier molecular flexibility index (Phi) is 5.20. The number of rotatable bonds is 5. The van der Waals surface area contributed by atoms with Crippen molar-refractivity contribution in [1.29, 1.82) is 0 Å². The van der Waals surface area contributed by atoms with Gasteiger partial charge in [0.15, 0.2) is 5.78 Å². The molecule has 1 aromatic carbocycles. The number of amides is 1. The van der Waals surface area contributed by atoms with E-state index in [-0.39, 0.29) is 11.7 Å². The molecule has 0 aliphatic carbocycles. The summed E-state index contributed by atoms with van der Waals surface area (Å²) in [6, 6.07) is 12.8. The predicted molar refractivity (Wildman–Crippen MR) is 91.8 cm³/mol. The molecule has 4 nitrogen and oxygen atoms in total. The highest BCUT2D eigenvalue weighted by Gasteiger charge is 2.29. The van der Waals surface area contributed by atoms with Crippen LogP contribution < -0.4 is 5.32 Å². The molecule has 3 rings (SSSR count). The maximum atomic E-state index is 12.9. The van der Waals surface area contributed by atoms with Gasteiger partial charge in [-0.3, -0.25) is 14.5 Å². The van der Waals surface area contributed by atoms with Crippen molar-refractivity contribution < 1.29 is 9.59 Å². The molecule has 1 unspecified atom stereocenters. The first-order valence-electron chi connectivity index (χ1n) is 7.93. The van der Waals surface area contributed by atoms with E-state index in [1.165, 1.54) is 17.8 Å². The van der Waals surface area contributed by atoms with Crippen LogP contribution in [0, 0.1) is 0 Å². The van der Waals surface area contributed by atoms with E-state index >= 15 is 0 Å². The number of carbonyl (C=O) groups is 2. The van der Waals surface area contributed by atoms with Crippen LogP contribution >= 0.6 is 11.3 Å². The molecule has 1 atom stereocenters. The first kappa shape index (κ1) is 15.9. The van der Waals surface area contributed by atoms with Crippen LogP contribution in [0.4, 0.5) is 0 Å². The van der Waals surface area contributed by atoms with E-state index in [0.717, 1.165) is 25.9 Å². The molecule has 1 fully saturated rings. The lowest BCUT2D eigenvalue weighted by Gasteiger charge is -2.33. The Hall–Kier alpha value is -1.98. The summed E-state index contributed by atoms with van der Waals surface area (Å²) in [6.45, 7) is 1.68. The van der Waals surface area contributed by atoms with Gasteiger partial charge >= 0.3 is 0 Å². The highest BCUT2D eigenvalue weighted by atomic mass is 32.1. The standard InChI is InChI=1S/C18H20N2O2S/c21-16(14-8-3-1-4-9-14)17(20-11-5-2-6-12-20)19-18(22)15-10-7-13-23-15/h1,3-4,7-10,13,17H,2,5-6,11-12H2,(H,19,22). The molecule has 1 aliphatic rings. The predicted octanol–water partition coefficient (Wildman–Crippen LogP) is 3.17. The third-order valence-electron chi connectivity index (χ3n) is 4.08. The molecule has 120 valence electrons. The Bertz CT molecular complexity index is 649. The lowest BCUT2D eigenvalue weighted by atomic mass is 10.0. The summed E-state index contributed by atoms with van der Waals surface area (Å²) in [7, 11) is 0. The van der Waals surface area contributed by atoms with Crippen LogP contribution in [-0.4, -0.2) is 35.8 Å². The molecule has 2 heterocycles. The minimum atomic E-state index is -0.590. The lowest BCUT2D eigenvalue weighted by molar-refractivity contribution is 0.0654. The Balaban J connectivity index is 1.81. The van der Waals surface area contributed by atoms with Gasteiger partial charge < -0.3 is 5.32 Å². The van der Waals surface area contributed by atoms with Gasteiger partial charge in [-0.1, -0.05) is 42.8 Å². The van der Waals surface area contributed by atoms with E-state index in [1.54, 1.807) is 18.2 Å². The monoisotopic (exact) mass is 328 g/mol. The van der Waals surface area contributed by atoms with Gasteiger partial charge in [0.05, 0.1) is 4.88 Å². The normalized spacial score (nSPS) is 16.7. The van der Waals surface area contributed by atoms with Crippen LogP contribution in [-0.2, 0) is 0 Å². The average molecular weight is 328 g/mol. The van der Waals surface area contributed by atoms with Gasteiger partial charge in [-0.15, -0.1) is 11.3 Å². The van der Waals surface area contributed by atoms with Crippen molar-refractivity contribution >= 4 is 23.0 Å². The topological polar surface area (TPSA) is 49.4 Å². The minimum absolute atomic E-state index is 0.0441. The molecule has 0 bridgehead atoms. The first-order valence-corrected chi connectivity index (χ1v) is 8.81. The van der Waals surface area contributed by atoms with Gasteiger partial charge in [0.25, 0.3) is 5.91 Å². The zero-order valence-electron chi connectivity index (χ0n) is 12.9. The molecule has 23 heavy (non-hydrogen) atoms. The highest BCUT2D eigenvalue weighted by molar-refractivity contribution is 7.12. The summed E-state index contributed by atoms with van der Waals surface area (Å²) in [4.78, 5) is 28.0. The van der Waals surface area contributed by atoms with Crippen molar-refractivity contribution in [3.63, 3.8) is 0 Å². The molecular formula is C18H20N2O2S. The van der Waals surface area contributed by atoms with E-state index in [1.807, 2.05) is 29.6 Å². The third-order valence-corrected chi connectivity index (χ3v) is 4.94. The van der Waals surface area contributed by atoms with Crippen LogP contribution in [0.15, 0.2) is 47.8 Å². The fourth-order valence-corrected chi connectivity index (χ4v) is 3.49. The fraction of sp³-hybridized carbons (Fsp3) is 0.333. The summed E-state index contributed by atoms with van der Waals surface area (Å²) < 4.78 is 0.